The molecule has 0 aromatic heterocycles. The van der Waals surface area contributed by atoms with Crippen LogP contribution in [0.25, 0.3) is 5.41 Å². The predicted molar refractivity (Wildman–Crippen MR) is 51.6 cm³/mol. The zero-order chi connectivity index (χ0) is 10.3. The topological polar surface area (TPSA) is 50.0 Å². The number of ether oxygens (including phenoxy) is 3. The second-order valence-electron chi connectivity index (χ2n) is 2.44. The quantitative estimate of drug-likeness (QED) is 0.291. The Hall–Kier alpha value is 0.147. The molecule has 5 heteroatoms. The van der Waals surface area contributed by atoms with E-state index in [0.29, 0.717) is 19.8 Å². The Morgan fingerprint density at radius 3 is 1.43 bits per heavy atom. The molecule has 0 aromatic rings. The van der Waals surface area contributed by atoms with Gasteiger partial charge in [-0.15, -0.1) is 5.71 Å². The van der Waals surface area contributed by atoms with E-state index in [-0.39, 0.29) is 24.6 Å². The molecule has 0 spiro atoms. The standard InChI is InChI=1S/C9H18NO3.Li/c1-5-11-9(8(4)10,12-6-2)13-7-3;/h5-7H2,1-4H3;/q-1;+1. The predicted octanol–water partition coefficient (Wildman–Crippen LogP) is -1.22. The van der Waals surface area contributed by atoms with Crippen LogP contribution in [0.2, 0.25) is 0 Å². The normalized spacial score (nSPS) is 10.9. The summed E-state index contributed by atoms with van der Waals surface area (Å²) < 4.78 is 15.7. The van der Waals surface area contributed by atoms with E-state index >= 15 is 0 Å². The number of hydrogen-bond donors (Lipinski definition) is 0. The van der Waals surface area contributed by atoms with Gasteiger partial charge in [-0.25, -0.2) is 0 Å². The average Bonchev–Trinajstić information content (AvgIpc) is 2.05. The van der Waals surface area contributed by atoms with E-state index in [1.54, 1.807) is 0 Å². The molecule has 0 atom stereocenters. The molecular formula is C9H18LiNO3. The Bertz CT molecular complexity index is 147. The SMILES string of the molecule is CCOC(OCC)(OCC)C(C)=[N-].[Li+]. The van der Waals surface area contributed by atoms with E-state index in [4.69, 9.17) is 14.2 Å². The monoisotopic (exact) mass is 195 g/mol. The molecule has 0 saturated heterocycles. The number of hydrogen-bond acceptors (Lipinski definition) is 3. The second kappa shape index (κ2) is 8.46. The van der Waals surface area contributed by atoms with Crippen molar-refractivity contribution in [2.24, 2.45) is 0 Å². The molecule has 0 aliphatic rings. The minimum atomic E-state index is -1.38. The molecule has 0 N–H and O–H groups in total. The summed E-state index contributed by atoms with van der Waals surface area (Å²) in [4.78, 5) is 0. The van der Waals surface area contributed by atoms with Gasteiger partial charge in [-0.3, -0.25) is 0 Å². The van der Waals surface area contributed by atoms with Crippen molar-refractivity contribution < 1.29 is 33.1 Å². The maximum Gasteiger partial charge on any atom is 1.00 e. The van der Waals surface area contributed by atoms with Crippen molar-refractivity contribution in [3.63, 3.8) is 0 Å². The van der Waals surface area contributed by atoms with E-state index in [0.717, 1.165) is 0 Å². The summed E-state index contributed by atoms with van der Waals surface area (Å²) in [5.41, 5.74) is -0.0157. The van der Waals surface area contributed by atoms with Crippen molar-refractivity contribution in [1.29, 1.82) is 0 Å². The van der Waals surface area contributed by atoms with Crippen LogP contribution in [-0.4, -0.2) is 31.5 Å². The van der Waals surface area contributed by atoms with E-state index in [9.17, 15) is 5.41 Å². The van der Waals surface area contributed by atoms with Crippen LogP contribution in [0.15, 0.2) is 0 Å². The summed E-state index contributed by atoms with van der Waals surface area (Å²) in [6.07, 6.45) is 0. The van der Waals surface area contributed by atoms with Gasteiger partial charge in [0.15, 0.2) is 0 Å². The van der Waals surface area contributed by atoms with Crippen molar-refractivity contribution >= 4 is 5.71 Å². The molecule has 78 valence electrons. The smallest absolute Gasteiger partial charge is 0.805 e. The maximum absolute atomic E-state index is 9.40. The average molecular weight is 195 g/mol. The third-order valence-electron chi connectivity index (χ3n) is 1.45. The largest absolute Gasteiger partial charge is 1.00 e. The molecule has 14 heavy (non-hydrogen) atoms. The molecule has 4 nitrogen and oxygen atoms in total. The Balaban J connectivity index is 0. The molecular weight excluding hydrogens is 177 g/mol. The van der Waals surface area contributed by atoms with Crippen LogP contribution in [0.3, 0.4) is 0 Å². The Morgan fingerprint density at radius 2 is 1.29 bits per heavy atom. The third-order valence-corrected chi connectivity index (χ3v) is 1.45. The van der Waals surface area contributed by atoms with Crippen LogP contribution in [0, 0.1) is 0 Å². The molecule has 0 bridgehead atoms. The van der Waals surface area contributed by atoms with E-state index < -0.39 is 5.97 Å². The summed E-state index contributed by atoms with van der Waals surface area (Å²) in [5, 5.41) is 9.40. The van der Waals surface area contributed by atoms with Crippen LogP contribution in [-0.2, 0) is 14.2 Å². The van der Waals surface area contributed by atoms with E-state index in [1.807, 2.05) is 20.8 Å². The Kier molecular flexibility index (Phi) is 10.0. The molecule has 0 rings (SSSR count). The van der Waals surface area contributed by atoms with Crippen molar-refractivity contribution in [3.8, 4) is 0 Å². The van der Waals surface area contributed by atoms with Gasteiger partial charge >= 0.3 is 18.9 Å². The van der Waals surface area contributed by atoms with Crippen LogP contribution in [0.1, 0.15) is 27.7 Å². The molecule has 0 radical (unpaired) electrons. The fourth-order valence-corrected chi connectivity index (χ4v) is 1.01. The summed E-state index contributed by atoms with van der Waals surface area (Å²) in [6.45, 7) is 8.19. The fraction of sp³-hybridized carbons (Fsp3) is 0.889. The zero-order valence-electron chi connectivity index (χ0n) is 9.79. The van der Waals surface area contributed by atoms with Crippen molar-refractivity contribution in [1.82, 2.24) is 0 Å². The van der Waals surface area contributed by atoms with E-state index in [1.165, 1.54) is 6.92 Å². The maximum atomic E-state index is 9.40. The molecule has 0 amide bonds. The molecule has 0 saturated carbocycles. The summed E-state index contributed by atoms with van der Waals surface area (Å²) >= 11 is 0. The Morgan fingerprint density at radius 1 is 1.00 bits per heavy atom. The summed E-state index contributed by atoms with van der Waals surface area (Å²) in [5.74, 6) is -1.38. The third kappa shape index (κ3) is 4.58. The van der Waals surface area contributed by atoms with E-state index in [2.05, 4.69) is 0 Å². The van der Waals surface area contributed by atoms with Gasteiger partial charge < -0.3 is 19.6 Å². The van der Waals surface area contributed by atoms with Crippen LogP contribution >= 0.6 is 0 Å². The number of rotatable bonds is 7. The molecule has 0 fully saturated rings. The molecule has 0 aliphatic heterocycles. The molecule has 0 heterocycles. The van der Waals surface area contributed by atoms with Crippen molar-refractivity contribution in [3.05, 3.63) is 5.41 Å². The van der Waals surface area contributed by atoms with Gasteiger partial charge in [-0.1, -0.05) is 6.92 Å². The second-order valence-corrected chi connectivity index (χ2v) is 2.44. The number of nitrogens with zero attached hydrogens (tertiary/aromatic N) is 1. The van der Waals surface area contributed by atoms with Gasteiger partial charge in [0.25, 0.3) is 5.97 Å². The van der Waals surface area contributed by atoms with Crippen LogP contribution < -0.4 is 18.9 Å². The molecule has 0 aliphatic carbocycles. The molecule has 0 unspecified atom stereocenters. The minimum absolute atomic E-state index is 0. The van der Waals surface area contributed by atoms with Crippen molar-refractivity contribution in [2.45, 2.75) is 33.7 Å². The van der Waals surface area contributed by atoms with Gasteiger partial charge in [-0.2, -0.15) is 0 Å². The van der Waals surface area contributed by atoms with Gasteiger partial charge in [0.05, 0.1) is 0 Å². The Labute approximate surface area is 98.0 Å². The summed E-state index contributed by atoms with van der Waals surface area (Å²) in [6, 6.07) is 0. The van der Waals surface area contributed by atoms with Gasteiger partial charge in [0, 0.05) is 19.8 Å². The molecule has 0 aromatic carbocycles. The summed E-state index contributed by atoms with van der Waals surface area (Å²) in [7, 11) is 0. The first-order valence-electron chi connectivity index (χ1n) is 4.57. The van der Waals surface area contributed by atoms with Gasteiger partial charge in [0.1, 0.15) is 0 Å². The van der Waals surface area contributed by atoms with Gasteiger partial charge in [0.2, 0.25) is 0 Å². The van der Waals surface area contributed by atoms with Crippen LogP contribution in [0.4, 0.5) is 0 Å². The first kappa shape index (κ1) is 16.6. The first-order valence-corrected chi connectivity index (χ1v) is 4.57. The van der Waals surface area contributed by atoms with Crippen LogP contribution in [0.5, 0.6) is 0 Å². The minimum Gasteiger partial charge on any atom is -0.805 e. The fourth-order valence-electron chi connectivity index (χ4n) is 1.01. The van der Waals surface area contributed by atoms with Crippen molar-refractivity contribution in [2.75, 3.05) is 19.8 Å². The zero-order valence-corrected chi connectivity index (χ0v) is 9.79. The van der Waals surface area contributed by atoms with Gasteiger partial charge in [-0.05, 0) is 20.8 Å². The first-order chi connectivity index (χ1) is 6.13.